The Morgan fingerprint density at radius 3 is 2.94 bits per heavy atom. The van der Waals surface area contributed by atoms with E-state index in [4.69, 9.17) is 14.7 Å². The van der Waals surface area contributed by atoms with Crippen molar-refractivity contribution in [1.82, 2.24) is 15.1 Å². The second-order valence-electron chi connectivity index (χ2n) is 3.76. The number of hydrogen-bond donors (Lipinski definition) is 1. The molecule has 3 aromatic heterocycles. The fraction of sp³-hybridized carbons (Fsp3) is 0.182. The lowest BCUT2D eigenvalue weighted by molar-refractivity contribution is 0.385. The number of nitrogens with zero attached hydrogens (tertiary/aromatic N) is 3. The van der Waals surface area contributed by atoms with Crippen molar-refractivity contribution in [2.75, 3.05) is 5.73 Å². The molecule has 3 rings (SSSR count). The molecule has 0 aliphatic rings. The third kappa shape index (κ3) is 2.00. The Balaban J connectivity index is 1.84. The van der Waals surface area contributed by atoms with Crippen LogP contribution in [0.5, 0.6) is 0 Å². The van der Waals surface area contributed by atoms with Crippen LogP contribution < -0.4 is 5.73 Å². The summed E-state index contributed by atoms with van der Waals surface area (Å²) in [5, 5.41) is 6.34. The van der Waals surface area contributed by atoms with E-state index in [-0.39, 0.29) is 0 Å². The first-order valence-electron chi connectivity index (χ1n) is 5.29. The molecule has 0 spiro atoms. The van der Waals surface area contributed by atoms with Crippen molar-refractivity contribution < 1.29 is 8.94 Å². The van der Waals surface area contributed by atoms with Gasteiger partial charge in [0.1, 0.15) is 5.76 Å². The number of thiazole rings is 1. The van der Waals surface area contributed by atoms with Gasteiger partial charge in [0.2, 0.25) is 11.7 Å². The molecule has 18 heavy (non-hydrogen) atoms. The quantitative estimate of drug-likeness (QED) is 0.778. The van der Waals surface area contributed by atoms with Crippen molar-refractivity contribution in [2.24, 2.45) is 0 Å². The maximum absolute atomic E-state index is 5.56. The first-order chi connectivity index (χ1) is 8.72. The second kappa shape index (κ2) is 4.26. The Kier molecular flexibility index (Phi) is 2.60. The van der Waals surface area contributed by atoms with Gasteiger partial charge in [-0.2, -0.15) is 4.98 Å². The van der Waals surface area contributed by atoms with Gasteiger partial charge in [-0.3, -0.25) is 0 Å². The summed E-state index contributed by atoms with van der Waals surface area (Å²) in [7, 11) is 0. The zero-order valence-corrected chi connectivity index (χ0v) is 10.4. The first-order valence-corrected chi connectivity index (χ1v) is 6.17. The molecule has 0 bridgehead atoms. The summed E-state index contributed by atoms with van der Waals surface area (Å²) in [5.41, 5.74) is 7.23. The molecule has 0 aliphatic heterocycles. The molecule has 3 heterocycles. The predicted molar refractivity (Wildman–Crippen MR) is 66.1 cm³/mol. The van der Waals surface area contributed by atoms with E-state index in [0.717, 1.165) is 17.0 Å². The van der Waals surface area contributed by atoms with Gasteiger partial charge in [0, 0.05) is 5.38 Å². The molecule has 0 aromatic carbocycles. The van der Waals surface area contributed by atoms with E-state index in [1.54, 1.807) is 6.26 Å². The monoisotopic (exact) mass is 262 g/mol. The molecule has 0 atom stereocenters. The maximum Gasteiger partial charge on any atom is 0.233 e. The molecule has 0 saturated heterocycles. The van der Waals surface area contributed by atoms with Gasteiger partial charge in [0.05, 0.1) is 23.9 Å². The Morgan fingerprint density at radius 1 is 1.39 bits per heavy atom. The van der Waals surface area contributed by atoms with Gasteiger partial charge in [-0.05, 0) is 13.0 Å². The van der Waals surface area contributed by atoms with Crippen molar-refractivity contribution >= 4 is 16.5 Å². The Labute approximate surface area is 106 Å². The van der Waals surface area contributed by atoms with Gasteiger partial charge < -0.3 is 14.7 Å². The van der Waals surface area contributed by atoms with Crippen molar-refractivity contribution in [1.29, 1.82) is 0 Å². The molecular formula is C11H10N4O2S. The average Bonchev–Trinajstić information content (AvgIpc) is 3.02. The van der Waals surface area contributed by atoms with Crippen LogP contribution in [0.3, 0.4) is 0 Å². The molecule has 0 radical (unpaired) electrons. The number of anilines is 1. The third-order valence-corrected chi connectivity index (χ3v) is 3.19. The smallest absolute Gasteiger partial charge is 0.233 e. The Bertz CT molecular complexity index is 670. The molecule has 92 valence electrons. The molecule has 0 fully saturated rings. The number of hydrogen-bond acceptors (Lipinski definition) is 7. The minimum atomic E-state index is 0.484. The summed E-state index contributed by atoms with van der Waals surface area (Å²) in [6.45, 7) is 1.85. The van der Waals surface area contributed by atoms with Crippen LogP contribution in [0.15, 0.2) is 26.6 Å². The molecule has 2 N–H and O–H groups in total. The number of furan rings is 1. The van der Waals surface area contributed by atoms with Crippen molar-refractivity contribution in [2.45, 2.75) is 13.3 Å². The zero-order chi connectivity index (χ0) is 12.5. The summed E-state index contributed by atoms with van der Waals surface area (Å²) in [6, 6.07) is 1.81. The SMILES string of the molecule is Cc1occc1-c1noc(Cc2csc(N)n2)n1. The molecule has 0 saturated carbocycles. The molecule has 0 unspecified atom stereocenters. The van der Waals surface area contributed by atoms with Crippen LogP contribution in [0, 0.1) is 6.92 Å². The van der Waals surface area contributed by atoms with Crippen molar-refractivity contribution in [3.63, 3.8) is 0 Å². The minimum absolute atomic E-state index is 0.484. The van der Waals surface area contributed by atoms with Crippen LogP contribution in [-0.4, -0.2) is 15.1 Å². The number of aromatic nitrogens is 3. The lowest BCUT2D eigenvalue weighted by Gasteiger charge is -1.88. The highest BCUT2D eigenvalue weighted by molar-refractivity contribution is 7.13. The number of nitrogen functional groups attached to an aromatic ring is 1. The second-order valence-corrected chi connectivity index (χ2v) is 4.65. The Morgan fingerprint density at radius 2 is 2.28 bits per heavy atom. The van der Waals surface area contributed by atoms with Crippen LogP contribution in [-0.2, 0) is 6.42 Å². The summed E-state index contributed by atoms with van der Waals surface area (Å²) in [4.78, 5) is 8.45. The number of aryl methyl sites for hydroxylation is 1. The van der Waals surface area contributed by atoms with Gasteiger partial charge in [-0.15, -0.1) is 11.3 Å². The van der Waals surface area contributed by atoms with Crippen molar-refractivity contribution in [3.8, 4) is 11.4 Å². The van der Waals surface area contributed by atoms with E-state index in [0.29, 0.717) is 23.3 Å². The highest BCUT2D eigenvalue weighted by Crippen LogP contribution is 2.22. The minimum Gasteiger partial charge on any atom is -0.469 e. The summed E-state index contributed by atoms with van der Waals surface area (Å²) < 4.78 is 10.4. The summed E-state index contributed by atoms with van der Waals surface area (Å²) in [5.74, 6) is 1.80. The highest BCUT2D eigenvalue weighted by Gasteiger charge is 2.13. The fourth-order valence-corrected chi connectivity index (χ4v) is 2.17. The van der Waals surface area contributed by atoms with Gasteiger partial charge in [-0.1, -0.05) is 5.16 Å². The zero-order valence-electron chi connectivity index (χ0n) is 9.58. The van der Waals surface area contributed by atoms with Gasteiger partial charge >= 0.3 is 0 Å². The van der Waals surface area contributed by atoms with E-state index in [2.05, 4.69) is 15.1 Å². The van der Waals surface area contributed by atoms with Crippen molar-refractivity contribution in [3.05, 3.63) is 35.1 Å². The Hall–Kier alpha value is -2.15. The molecule has 0 aliphatic carbocycles. The van der Waals surface area contributed by atoms with E-state index in [1.165, 1.54) is 11.3 Å². The van der Waals surface area contributed by atoms with E-state index >= 15 is 0 Å². The van der Waals surface area contributed by atoms with Crippen LogP contribution in [0.2, 0.25) is 0 Å². The molecule has 6 nitrogen and oxygen atoms in total. The molecular weight excluding hydrogens is 252 g/mol. The molecule has 3 aromatic rings. The van der Waals surface area contributed by atoms with Gasteiger partial charge in [0.25, 0.3) is 0 Å². The maximum atomic E-state index is 5.56. The lowest BCUT2D eigenvalue weighted by atomic mass is 10.2. The lowest BCUT2D eigenvalue weighted by Crippen LogP contribution is -1.90. The predicted octanol–water partition coefficient (Wildman–Crippen LogP) is 2.27. The fourth-order valence-electron chi connectivity index (χ4n) is 1.61. The molecule has 0 amide bonds. The van der Waals surface area contributed by atoms with E-state index < -0.39 is 0 Å². The van der Waals surface area contributed by atoms with E-state index in [1.807, 2.05) is 18.4 Å². The summed E-state index contributed by atoms with van der Waals surface area (Å²) in [6.07, 6.45) is 2.08. The highest BCUT2D eigenvalue weighted by atomic mass is 32.1. The van der Waals surface area contributed by atoms with Crippen LogP contribution in [0.4, 0.5) is 5.13 Å². The van der Waals surface area contributed by atoms with Gasteiger partial charge in [0.15, 0.2) is 5.13 Å². The summed E-state index contributed by atoms with van der Waals surface area (Å²) >= 11 is 1.39. The van der Waals surface area contributed by atoms with Crippen LogP contribution in [0.25, 0.3) is 11.4 Å². The topological polar surface area (TPSA) is 91.0 Å². The van der Waals surface area contributed by atoms with Crippen LogP contribution >= 0.6 is 11.3 Å². The third-order valence-electron chi connectivity index (χ3n) is 2.47. The van der Waals surface area contributed by atoms with Crippen LogP contribution in [0.1, 0.15) is 17.3 Å². The number of nitrogens with two attached hydrogens (primary N) is 1. The average molecular weight is 262 g/mol. The largest absolute Gasteiger partial charge is 0.469 e. The number of rotatable bonds is 3. The first kappa shape index (κ1) is 11.0. The van der Waals surface area contributed by atoms with E-state index in [9.17, 15) is 0 Å². The standard InChI is InChI=1S/C11H10N4O2S/c1-6-8(2-3-16-6)10-14-9(17-15-10)4-7-5-18-11(12)13-7/h2-3,5H,4H2,1H3,(H2,12,13). The molecule has 7 heteroatoms. The van der Waals surface area contributed by atoms with Gasteiger partial charge in [-0.25, -0.2) is 4.98 Å². The normalized spacial score (nSPS) is 10.9.